The highest BCUT2D eigenvalue weighted by molar-refractivity contribution is 7.95. The van der Waals surface area contributed by atoms with E-state index in [9.17, 15) is 4.79 Å². The van der Waals surface area contributed by atoms with Gasteiger partial charge in [-0.3, -0.25) is 4.79 Å². The summed E-state index contributed by atoms with van der Waals surface area (Å²) in [5, 5.41) is 0. The number of likely N-dealkylation sites (tertiary alicyclic amines) is 1. The summed E-state index contributed by atoms with van der Waals surface area (Å²) in [6, 6.07) is 0. The highest BCUT2D eigenvalue weighted by Gasteiger charge is 2.23. The van der Waals surface area contributed by atoms with E-state index in [4.69, 9.17) is 6.85 Å². The Morgan fingerprint density at radius 3 is 3.23 bits per heavy atom. The van der Waals surface area contributed by atoms with Gasteiger partial charge >= 0.3 is 0 Å². The molecule has 0 unspecified atom stereocenters. The van der Waals surface area contributed by atoms with Gasteiger partial charge in [-0.2, -0.15) is 0 Å². The molecule has 0 radical (unpaired) electrons. The van der Waals surface area contributed by atoms with Crippen LogP contribution in [0.5, 0.6) is 0 Å². The summed E-state index contributed by atoms with van der Waals surface area (Å²) in [5.74, 6) is 0.0199. The quantitative estimate of drug-likeness (QED) is 0.475. The molecule has 0 aromatic carbocycles. The van der Waals surface area contributed by atoms with Gasteiger partial charge in [0.25, 0.3) is 5.91 Å². The fourth-order valence-corrected chi connectivity index (χ4v) is 1.74. The third-order valence-electron chi connectivity index (χ3n) is 2.05. The Morgan fingerprint density at radius 2 is 2.62 bits per heavy atom. The summed E-state index contributed by atoms with van der Waals surface area (Å²) in [6.07, 6.45) is 1.69. The number of amides is 1. The second kappa shape index (κ2) is 5.55. The largest absolute Gasteiger partial charge is 0.340 e. The third kappa shape index (κ3) is 3.23. The summed E-state index contributed by atoms with van der Waals surface area (Å²) >= 11 is 1.03. The lowest BCUT2D eigenvalue weighted by molar-refractivity contribution is -0.136. The molecule has 3 nitrogen and oxygen atoms in total. The van der Waals surface area contributed by atoms with Crippen LogP contribution in [0.15, 0.2) is 0 Å². The minimum atomic E-state index is -0.899. The standard InChI is InChI=1S/C8H16BNO2S/c1-7(12-13-6-9)8(11)10-4-2-3-5-10/h7H,2-6,9H2,1H3/t7-/m1/s1/i9TD. The number of carbonyl (C=O) groups excluding carboxylic acids is 1. The molecule has 1 aliphatic heterocycles. The zero-order valence-corrected chi connectivity index (χ0v) is 8.68. The summed E-state index contributed by atoms with van der Waals surface area (Å²) in [7, 11) is -0.899. The topological polar surface area (TPSA) is 29.5 Å². The zero-order chi connectivity index (χ0) is 11.3. The molecule has 1 amide bonds. The molecule has 13 heavy (non-hydrogen) atoms. The van der Waals surface area contributed by atoms with Gasteiger partial charge in [-0.25, -0.2) is 0 Å². The first-order chi connectivity index (χ1) is 7.11. The van der Waals surface area contributed by atoms with Crippen molar-refractivity contribution in [3.63, 3.8) is 0 Å². The summed E-state index contributed by atoms with van der Waals surface area (Å²) in [5.41, 5.74) is 0.275. The molecule has 1 saturated heterocycles. The molecule has 1 heterocycles. The van der Waals surface area contributed by atoms with Crippen molar-refractivity contribution in [2.45, 2.75) is 25.9 Å². The van der Waals surface area contributed by atoms with Crippen LogP contribution in [0, 0.1) is 0 Å². The van der Waals surface area contributed by atoms with E-state index < -0.39 is 13.9 Å². The Morgan fingerprint density at radius 1 is 1.92 bits per heavy atom. The van der Waals surface area contributed by atoms with Gasteiger partial charge in [0, 0.05) is 13.1 Å². The van der Waals surface area contributed by atoms with Crippen molar-refractivity contribution < 1.29 is 8.98 Å². The molecule has 1 atom stereocenters. The lowest BCUT2D eigenvalue weighted by Crippen LogP contribution is -2.36. The highest BCUT2D eigenvalue weighted by Crippen LogP contribution is 2.13. The van der Waals surface area contributed by atoms with Gasteiger partial charge in [0.2, 0.25) is 0 Å². The van der Waals surface area contributed by atoms with Crippen molar-refractivity contribution >= 4 is 25.7 Å². The molecule has 0 aliphatic carbocycles. The molecule has 1 rings (SSSR count). The van der Waals surface area contributed by atoms with Crippen molar-refractivity contribution in [3.05, 3.63) is 0 Å². The summed E-state index contributed by atoms with van der Waals surface area (Å²) < 4.78 is 19.1. The average Bonchev–Trinajstić information content (AvgIpc) is 2.68. The number of hydrogen-bond acceptors (Lipinski definition) is 3. The number of carbonyl (C=O) groups is 1. The molecule has 0 N–H and O–H groups in total. The average molecular weight is 204 g/mol. The van der Waals surface area contributed by atoms with E-state index in [1.807, 2.05) is 4.90 Å². The summed E-state index contributed by atoms with van der Waals surface area (Å²) in [6.45, 7) is 3.38. The molecule has 1 fully saturated rings. The molecule has 5 heteroatoms. The Bertz CT molecular complexity index is 215. The number of rotatable bonds is 5. The minimum absolute atomic E-state index is 0.0199. The predicted molar refractivity (Wildman–Crippen MR) is 57.4 cm³/mol. The molecule has 74 valence electrons. The van der Waals surface area contributed by atoms with Crippen molar-refractivity contribution in [1.82, 2.24) is 4.90 Å². The van der Waals surface area contributed by atoms with Gasteiger partial charge in [-0.15, -0.1) is 0 Å². The first-order valence-electron chi connectivity index (χ1n) is 5.68. The van der Waals surface area contributed by atoms with E-state index >= 15 is 0 Å². The van der Waals surface area contributed by atoms with E-state index in [-0.39, 0.29) is 11.6 Å². The lowest BCUT2D eigenvalue weighted by atomic mass is 10.2. The van der Waals surface area contributed by atoms with Crippen LogP contribution in [0.1, 0.15) is 19.8 Å². The van der Waals surface area contributed by atoms with Crippen LogP contribution in [-0.2, 0) is 8.98 Å². The molecule has 0 aromatic rings. The Kier molecular flexibility index (Phi) is 3.49. The fourth-order valence-electron chi connectivity index (χ4n) is 1.38. The maximum absolute atomic E-state index is 11.7. The van der Waals surface area contributed by atoms with Gasteiger partial charge < -0.3 is 9.08 Å². The first kappa shape index (κ1) is 8.18. The van der Waals surface area contributed by atoms with Crippen LogP contribution in [0.25, 0.3) is 0 Å². The van der Waals surface area contributed by atoms with E-state index in [0.29, 0.717) is 0 Å². The smallest absolute Gasteiger partial charge is 0.252 e. The van der Waals surface area contributed by atoms with Gasteiger partial charge in [-0.05, 0) is 40.1 Å². The van der Waals surface area contributed by atoms with Gasteiger partial charge in [0.1, 0.15) is 13.9 Å². The van der Waals surface area contributed by atoms with Gasteiger partial charge in [-0.1, -0.05) is 0 Å². The van der Waals surface area contributed by atoms with E-state index in [0.717, 1.165) is 38.0 Å². The van der Waals surface area contributed by atoms with Crippen LogP contribution >= 0.6 is 12.0 Å². The monoisotopic (exact) mass is 204 g/mol. The molecule has 0 saturated carbocycles. The number of nitrogens with zero attached hydrogens (tertiary/aromatic N) is 1. The van der Waals surface area contributed by atoms with Crippen molar-refractivity contribution in [1.29, 1.82) is 2.67 Å². The fraction of sp³-hybridized carbons (Fsp3) is 0.875. The predicted octanol–water partition coefficient (Wildman–Crippen LogP) is 0.253. The van der Waals surface area contributed by atoms with Crippen LogP contribution in [0.3, 0.4) is 0 Å². The maximum Gasteiger partial charge on any atom is 0.252 e. The van der Waals surface area contributed by atoms with E-state index in [1.165, 1.54) is 0 Å². The maximum atomic E-state index is 11.7. The normalized spacial score (nSPS) is 20.8. The Labute approximate surface area is 87.5 Å². The first-order valence-corrected chi connectivity index (χ1v) is 5.44. The minimum Gasteiger partial charge on any atom is -0.340 e. The molecule has 0 spiro atoms. The molecule has 1 aliphatic rings. The van der Waals surface area contributed by atoms with Crippen LogP contribution in [0.4, 0.5) is 0 Å². The Balaban J connectivity index is 2.20. The zero-order valence-electron chi connectivity index (χ0n) is 9.86. The Hall–Kier alpha value is -0.155. The van der Waals surface area contributed by atoms with Gasteiger partial charge in [0.15, 0.2) is 0 Å². The van der Waals surface area contributed by atoms with E-state index in [2.05, 4.69) is 0 Å². The van der Waals surface area contributed by atoms with Crippen molar-refractivity contribution in [2.24, 2.45) is 0 Å². The SMILES string of the molecule is [2H]B([3H])CSO[C@H](C)C(=O)N1CCCC1. The second-order valence-corrected chi connectivity index (χ2v) is 3.82. The second-order valence-electron chi connectivity index (χ2n) is 3.06. The molecular formula is C8H16BNO2S. The van der Waals surface area contributed by atoms with Crippen molar-refractivity contribution in [2.75, 3.05) is 18.7 Å². The molecule has 0 aromatic heterocycles. The van der Waals surface area contributed by atoms with E-state index in [1.54, 1.807) is 6.92 Å². The highest BCUT2D eigenvalue weighted by atomic mass is 32.2. The van der Waals surface area contributed by atoms with Crippen LogP contribution in [0.2, 0.25) is 0 Å². The molecule has 0 bridgehead atoms. The van der Waals surface area contributed by atoms with Crippen LogP contribution in [-0.4, -0.2) is 46.1 Å². The molecular weight excluding hydrogens is 185 g/mol. The van der Waals surface area contributed by atoms with Crippen LogP contribution < -0.4 is 0 Å². The number of hydrogen-bond donors (Lipinski definition) is 0. The third-order valence-corrected chi connectivity index (χ3v) is 2.61. The van der Waals surface area contributed by atoms with Crippen molar-refractivity contribution in [3.8, 4) is 0 Å². The lowest BCUT2D eigenvalue weighted by Gasteiger charge is -2.19. The summed E-state index contributed by atoms with van der Waals surface area (Å²) in [4.78, 5) is 13.5. The van der Waals surface area contributed by atoms with Gasteiger partial charge in [0.05, 0.1) is 0 Å².